The molecule has 8 atom stereocenters. The molecule has 0 aliphatic carbocycles. The summed E-state index contributed by atoms with van der Waals surface area (Å²) < 4.78 is 16.3. The molecule has 1 rings (SSSR count). The Morgan fingerprint density at radius 2 is 1.12 bits per heavy atom. The Morgan fingerprint density at radius 3 is 1.57 bits per heavy atom. The van der Waals surface area contributed by atoms with Crippen molar-refractivity contribution in [2.45, 2.75) is 210 Å². The van der Waals surface area contributed by atoms with Crippen LogP contribution in [-0.4, -0.2) is 112 Å². The third-order valence-electron chi connectivity index (χ3n) is 9.59. The fourth-order valence-corrected chi connectivity index (χ4v) is 6.34. The van der Waals surface area contributed by atoms with Crippen LogP contribution in [0.15, 0.2) is 0 Å². The zero-order valence-corrected chi connectivity index (χ0v) is 31.0. The minimum Gasteiger partial charge on any atom is -0.394 e. The van der Waals surface area contributed by atoms with Gasteiger partial charge in [-0.05, 0) is 12.8 Å². The molecule has 1 saturated heterocycles. The van der Waals surface area contributed by atoms with Crippen molar-refractivity contribution in [1.29, 1.82) is 0 Å². The van der Waals surface area contributed by atoms with Crippen LogP contribution in [0.1, 0.15) is 162 Å². The molecule has 1 amide bonds. The fraction of sp³-hybridized carbons (Fsp3) is 0.974. The average molecular weight is 706 g/mol. The predicted octanol–water partition coefficient (Wildman–Crippen LogP) is 5.04. The summed E-state index contributed by atoms with van der Waals surface area (Å²) >= 11 is 0. The van der Waals surface area contributed by atoms with Crippen molar-refractivity contribution in [3.05, 3.63) is 0 Å². The molecule has 0 aromatic rings. The molecule has 0 aromatic carbocycles. The summed E-state index contributed by atoms with van der Waals surface area (Å²) in [7, 11) is 0. The lowest BCUT2D eigenvalue weighted by Crippen LogP contribution is -2.60. The molecule has 0 radical (unpaired) electrons. The highest BCUT2D eigenvalue weighted by Gasteiger charge is 2.44. The van der Waals surface area contributed by atoms with Crippen LogP contribution in [-0.2, 0) is 19.0 Å². The van der Waals surface area contributed by atoms with E-state index in [1.54, 1.807) is 0 Å². The largest absolute Gasteiger partial charge is 0.394 e. The second-order valence-electron chi connectivity index (χ2n) is 14.2. The van der Waals surface area contributed by atoms with Crippen LogP contribution >= 0.6 is 0 Å². The first kappa shape index (κ1) is 46.1. The Hall–Kier alpha value is -0.890. The van der Waals surface area contributed by atoms with Crippen molar-refractivity contribution < 1.29 is 49.6 Å². The van der Waals surface area contributed by atoms with Crippen molar-refractivity contribution in [2.24, 2.45) is 0 Å². The maximum Gasteiger partial charge on any atom is 0.220 e. The number of amides is 1. The third kappa shape index (κ3) is 21.9. The van der Waals surface area contributed by atoms with Gasteiger partial charge in [-0.1, -0.05) is 142 Å². The van der Waals surface area contributed by atoms with Gasteiger partial charge in [0.05, 0.1) is 25.9 Å². The average Bonchev–Trinajstić information content (AvgIpc) is 3.10. The van der Waals surface area contributed by atoms with Gasteiger partial charge in [0.2, 0.25) is 5.91 Å². The molecule has 1 aliphatic rings. The van der Waals surface area contributed by atoms with Gasteiger partial charge in [-0.15, -0.1) is 0 Å². The summed E-state index contributed by atoms with van der Waals surface area (Å²) in [5, 5.41) is 63.7. The minimum atomic E-state index is -1.62. The first-order chi connectivity index (χ1) is 23.8. The standard InChI is InChI=1S/C38H75NO10/c1-3-5-6-7-8-9-10-11-12-13-14-15-16-17-18-19-20-21-22-23-24-25-33(42)39-30(34(43)31(41)29-47-26-4-2)28-48-38-37(46)36(45)35(44)32(27-40)49-38/h30-32,34-38,40-41,43-46H,3-29H2,1-2H3,(H,39,42)/t30-,31+,32+,34-,35-,36-,37+,38-/m0/s1. The van der Waals surface area contributed by atoms with Gasteiger partial charge < -0.3 is 50.2 Å². The van der Waals surface area contributed by atoms with Crippen LogP contribution in [0.4, 0.5) is 0 Å². The van der Waals surface area contributed by atoms with Crippen molar-refractivity contribution in [1.82, 2.24) is 5.32 Å². The summed E-state index contributed by atoms with van der Waals surface area (Å²) in [5.41, 5.74) is 0. The SMILES string of the molecule is CCCCCCCCCCCCCCCCCCCCCCCC(=O)N[C@@H](CO[C@H]1O[C@H](CO)[C@H](O)[C@H](O)[C@H]1O)[C@H](O)[C@H](O)COCCC. The van der Waals surface area contributed by atoms with Crippen molar-refractivity contribution in [2.75, 3.05) is 26.4 Å². The van der Waals surface area contributed by atoms with Gasteiger partial charge in [0.1, 0.15) is 36.6 Å². The predicted molar refractivity (Wildman–Crippen MR) is 192 cm³/mol. The Labute approximate surface area is 297 Å². The summed E-state index contributed by atoms with van der Waals surface area (Å²) in [4.78, 5) is 12.8. The number of nitrogens with one attached hydrogen (secondary N) is 1. The van der Waals surface area contributed by atoms with Crippen molar-refractivity contribution >= 4 is 5.91 Å². The Balaban J connectivity index is 2.21. The lowest BCUT2D eigenvalue weighted by molar-refractivity contribution is -0.303. The van der Waals surface area contributed by atoms with E-state index in [0.717, 1.165) is 25.7 Å². The quantitative estimate of drug-likeness (QED) is 0.0458. The number of ether oxygens (including phenoxy) is 3. The topological polar surface area (TPSA) is 178 Å². The highest BCUT2D eigenvalue weighted by Crippen LogP contribution is 2.22. The monoisotopic (exact) mass is 706 g/mol. The zero-order valence-electron chi connectivity index (χ0n) is 31.0. The van der Waals surface area contributed by atoms with E-state index < -0.39 is 55.6 Å². The smallest absolute Gasteiger partial charge is 0.220 e. The van der Waals surface area contributed by atoms with Gasteiger partial charge in [0, 0.05) is 13.0 Å². The van der Waals surface area contributed by atoms with Gasteiger partial charge >= 0.3 is 0 Å². The maximum atomic E-state index is 12.8. The molecule has 0 bridgehead atoms. The summed E-state index contributed by atoms with van der Waals surface area (Å²) in [5.74, 6) is -0.305. The van der Waals surface area contributed by atoms with Gasteiger partial charge in [-0.25, -0.2) is 0 Å². The number of hydrogen-bond donors (Lipinski definition) is 7. The lowest BCUT2D eigenvalue weighted by Gasteiger charge is -2.40. The molecule has 49 heavy (non-hydrogen) atoms. The summed E-state index contributed by atoms with van der Waals surface area (Å²) in [6.45, 7) is 3.48. The van der Waals surface area contributed by atoms with E-state index in [0.29, 0.717) is 13.0 Å². The fourth-order valence-electron chi connectivity index (χ4n) is 6.34. The molecular formula is C38H75NO10. The molecule has 11 heteroatoms. The molecule has 1 aliphatic heterocycles. The number of unbranched alkanes of at least 4 members (excludes halogenated alkanes) is 20. The normalized spacial score (nSPS) is 23.0. The summed E-state index contributed by atoms with van der Waals surface area (Å²) in [6.07, 6.45) is 17.9. The number of aliphatic hydroxyl groups is 6. The van der Waals surface area contributed by atoms with Crippen LogP contribution in [0, 0.1) is 0 Å². The molecule has 0 spiro atoms. The molecule has 7 N–H and O–H groups in total. The molecule has 0 unspecified atom stereocenters. The van der Waals surface area contributed by atoms with Gasteiger partial charge in [-0.2, -0.15) is 0 Å². The van der Waals surface area contributed by atoms with E-state index in [4.69, 9.17) is 14.2 Å². The van der Waals surface area contributed by atoms with Crippen molar-refractivity contribution in [3.8, 4) is 0 Å². The van der Waals surface area contributed by atoms with Crippen molar-refractivity contribution in [3.63, 3.8) is 0 Å². The molecule has 292 valence electrons. The lowest BCUT2D eigenvalue weighted by atomic mass is 9.99. The maximum absolute atomic E-state index is 12.8. The number of carbonyl (C=O) groups excluding carboxylic acids is 1. The highest BCUT2D eigenvalue weighted by molar-refractivity contribution is 5.76. The molecule has 0 aromatic heterocycles. The van der Waals surface area contributed by atoms with E-state index in [1.807, 2.05) is 6.92 Å². The Kier molecular flexibility index (Phi) is 28.9. The molecule has 1 fully saturated rings. The van der Waals surface area contributed by atoms with Crippen LogP contribution in [0.25, 0.3) is 0 Å². The van der Waals surface area contributed by atoms with E-state index in [1.165, 1.54) is 109 Å². The van der Waals surface area contributed by atoms with Gasteiger partial charge in [0.25, 0.3) is 0 Å². The molecular weight excluding hydrogens is 630 g/mol. The number of aliphatic hydroxyl groups excluding tert-OH is 6. The first-order valence-electron chi connectivity index (χ1n) is 19.9. The second-order valence-corrected chi connectivity index (χ2v) is 14.2. The molecule has 1 heterocycles. The van der Waals surface area contributed by atoms with Crippen LogP contribution < -0.4 is 5.32 Å². The Bertz CT molecular complexity index is 760. The van der Waals surface area contributed by atoms with Crippen LogP contribution in [0.5, 0.6) is 0 Å². The Morgan fingerprint density at radius 1 is 0.653 bits per heavy atom. The minimum absolute atomic E-state index is 0.138. The van der Waals surface area contributed by atoms with E-state index in [2.05, 4.69) is 12.2 Å². The van der Waals surface area contributed by atoms with Gasteiger partial charge in [-0.3, -0.25) is 4.79 Å². The van der Waals surface area contributed by atoms with Crippen LogP contribution in [0.2, 0.25) is 0 Å². The first-order valence-corrected chi connectivity index (χ1v) is 19.9. The number of rotatable bonds is 33. The second kappa shape index (κ2) is 30.7. The third-order valence-corrected chi connectivity index (χ3v) is 9.59. The number of carbonyl (C=O) groups is 1. The van der Waals surface area contributed by atoms with Crippen LogP contribution in [0.3, 0.4) is 0 Å². The highest BCUT2D eigenvalue weighted by atomic mass is 16.7. The van der Waals surface area contributed by atoms with Gasteiger partial charge in [0.15, 0.2) is 6.29 Å². The summed E-state index contributed by atoms with van der Waals surface area (Å²) in [6, 6.07) is -1.06. The molecule has 11 nitrogen and oxygen atoms in total. The van der Waals surface area contributed by atoms with E-state index in [-0.39, 0.29) is 25.5 Å². The molecule has 0 saturated carbocycles. The van der Waals surface area contributed by atoms with E-state index in [9.17, 15) is 35.4 Å². The zero-order chi connectivity index (χ0) is 36.1. The number of hydrogen-bond acceptors (Lipinski definition) is 10. The van der Waals surface area contributed by atoms with E-state index >= 15 is 0 Å².